The van der Waals surface area contributed by atoms with Crippen molar-refractivity contribution in [3.63, 3.8) is 0 Å². The number of rotatable bonds is 8. The summed E-state index contributed by atoms with van der Waals surface area (Å²) < 4.78 is 12.8. The predicted molar refractivity (Wildman–Crippen MR) is 122 cm³/mol. The molecule has 4 aromatic rings. The number of amides is 1. The van der Waals surface area contributed by atoms with Crippen LogP contribution in [0.3, 0.4) is 0 Å². The van der Waals surface area contributed by atoms with Gasteiger partial charge in [0.2, 0.25) is 0 Å². The Bertz CT molecular complexity index is 1310. The highest BCUT2D eigenvalue weighted by Gasteiger charge is 2.14. The molecule has 0 radical (unpaired) electrons. The van der Waals surface area contributed by atoms with Crippen molar-refractivity contribution in [1.82, 2.24) is 9.78 Å². The molecule has 0 spiro atoms. The van der Waals surface area contributed by atoms with Crippen molar-refractivity contribution in [1.29, 1.82) is 0 Å². The van der Waals surface area contributed by atoms with Crippen LogP contribution in [0.2, 0.25) is 5.02 Å². The summed E-state index contributed by atoms with van der Waals surface area (Å²) in [5, 5.41) is 18.5. The molecule has 2 aromatic heterocycles. The predicted octanol–water partition coefficient (Wildman–Crippen LogP) is 5.23. The van der Waals surface area contributed by atoms with E-state index < -0.39 is 10.8 Å². The van der Waals surface area contributed by atoms with E-state index in [0.29, 0.717) is 34.3 Å². The summed E-state index contributed by atoms with van der Waals surface area (Å²) in [4.78, 5) is 23.0. The van der Waals surface area contributed by atoms with Crippen LogP contribution in [0.5, 0.6) is 5.75 Å². The smallest absolute Gasteiger partial charge is 0.291 e. The number of furan rings is 1. The highest BCUT2D eigenvalue weighted by Crippen LogP contribution is 2.24. The van der Waals surface area contributed by atoms with Crippen molar-refractivity contribution < 1.29 is 18.9 Å². The second kappa shape index (κ2) is 9.58. The molecule has 4 rings (SSSR count). The van der Waals surface area contributed by atoms with E-state index in [1.165, 1.54) is 12.1 Å². The average molecular weight is 467 g/mol. The Morgan fingerprint density at radius 1 is 1.24 bits per heavy atom. The Morgan fingerprint density at radius 3 is 2.82 bits per heavy atom. The Labute approximate surface area is 193 Å². The molecule has 2 aromatic carbocycles. The molecule has 1 N–H and O–H groups in total. The van der Waals surface area contributed by atoms with Crippen LogP contribution in [-0.4, -0.2) is 20.6 Å². The van der Waals surface area contributed by atoms with Gasteiger partial charge in [-0.25, -0.2) is 0 Å². The monoisotopic (exact) mass is 466 g/mol. The molecule has 0 saturated heterocycles. The number of aryl methyl sites for hydroxylation is 1. The fourth-order valence-electron chi connectivity index (χ4n) is 3.16. The number of hydrogen-bond acceptors (Lipinski definition) is 6. The van der Waals surface area contributed by atoms with Gasteiger partial charge >= 0.3 is 0 Å². The van der Waals surface area contributed by atoms with Crippen LogP contribution in [0.25, 0.3) is 0 Å². The second-order valence-electron chi connectivity index (χ2n) is 7.23. The molecule has 0 saturated carbocycles. The molecule has 10 heteroatoms. The lowest BCUT2D eigenvalue weighted by molar-refractivity contribution is -0.385. The molecule has 0 fully saturated rings. The first-order valence-corrected chi connectivity index (χ1v) is 10.3. The molecule has 0 aliphatic heterocycles. The van der Waals surface area contributed by atoms with Gasteiger partial charge in [-0.05, 0) is 42.8 Å². The van der Waals surface area contributed by atoms with E-state index in [2.05, 4.69) is 10.4 Å². The van der Waals surface area contributed by atoms with Gasteiger partial charge in [-0.2, -0.15) is 5.10 Å². The molecule has 0 aliphatic rings. The number of benzene rings is 2. The van der Waals surface area contributed by atoms with Gasteiger partial charge in [-0.3, -0.25) is 19.6 Å². The lowest BCUT2D eigenvalue weighted by Gasteiger charge is -2.05. The van der Waals surface area contributed by atoms with Crippen LogP contribution in [0.15, 0.2) is 71.4 Å². The number of halogens is 1. The molecular weight excluding hydrogens is 448 g/mol. The average Bonchev–Trinajstić information content (AvgIpc) is 3.43. The van der Waals surface area contributed by atoms with E-state index in [4.69, 9.17) is 20.8 Å². The number of nitrogens with zero attached hydrogens (tertiary/aromatic N) is 3. The van der Waals surface area contributed by atoms with Crippen molar-refractivity contribution in [2.75, 3.05) is 5.32 Å². The first-order valence-electron chi connectivity index (χ1n) is 9.93. The first kappa shape index (κ1) is 22.1. The van der Waals surface area contributed by atoms with Gasteiger partial charge in [0, 0.05) is 22.8 Å². The fraction of sp³-hybridized carbons (Fsp3) is 0.130. The zero-order valence-electron chi connectivity index (χ0n) is 17.5. The Morgan fingerprint density at radius 2 is 2.06 bits per heavy atom. The summed E-state index contributed by atoms with van der Waals surface area (Å²) >= 11 is 6.18. The number of nitro benzene ring substituents is 1. The molecule has 168 valence electrons. The van der Waals surface area contributed by atoms with Crippen LogP contribution in [0, 0.1) is 17.0 Å². The summed E-state index contributed by atoms with van der Waals surface area (Å²) in [6.45, 7) is 2.18. The minimum absolute atomic E-state index is 0.0227. The molecule has 9 nitrogen and oxygen atoms in total. The van der Waals surface area contributed by atoms with Crippen LogP contribution in [0.4, 0.5) is 11.4 Å². The van der Waals surface area contributed by atoms with Crippen LogP contribution < -0.4 is 10.1 Å². The maximum Gasteiger partial charge on any atom is 0.291 e. The quantitative estimate of drug-likeness (QED) is 0.281. The third-order valence-electron chi connectivity index (χ3n) is 4.81. The minimum atomic E-state index is -0.447. The Kier molecular flexibility index (Phi) is 6.41. The van der Waals surface area contributed by atoms with Crippen LogP contribution in [-0.2, 0) is 13.2 Å². The number of ether oxygens (including phenoxy) is 1. The maximum absolute atomic E-state index is 12.5. The number of aromatic nitrogens is 2. The third kappa shape index (κ3) is 5.39. The van der Waals surface area contributed by atoms with Crippen LogP contribution >= 0.6 is 11.6 Å². The van der Waals surface area contributed by atoms with Gasteiger partial charge in [0.15, 0.2) is 5.76 Å². The molecule has 0 unspecified atom stereocenters. The maximum atomic E-state index is 12.5. The summed E-state index contributed by atoms with van der Waals surface area (Å²) in [6.07, 6.45) is 3.24. The number of nitro groups is 1. The molecule has 1 amide bonds. The zero-order chi connectivity index (χ0) is 23.4. The molecular formula is C23H19ClN4O5. The molecule has 2 heterocycles. The first-order chi connectivity index (χ1) is 15.9. The molecule has 0 atom stereocenters. The van der Waals surface area contributed by atoms with Gasteiger partial charge in [-0.15, -0.1) is 0 Å². The van der Waals surface area contributed by atoms with E-state index in [9.17, 15) is 14.9 Å². The molecule has 0 aliphatic carbocycles. The van der Waals surface area contributed by atoms with Crippen molar-refractivity contribution >= 4 is 28.9 Å². The lowest BCUT2D eigenvalue weighted by atomic mass is 10.2. The minimum Gasteiger partial charge on any atom is -0.486 e. The second-order valence-corrected chi connectivity index (χ2v) is 7.64. The number of carbonyl (C=O) groups excluding carboxylic acids is 1. The Balaban J connectivity index is 1.34. The molecule has 0 bridgehead atoms. The largest absolute Gasteiger partial charge is 0.486 e. The van der Waals surface area contributed by atoms with Crippen molar-refractivity contribution in [3.8, 4) is 5.75 Å². The third-order valence-corrected chi connectivity index (χ3v) is 5.18. The standard InChI is InChI=1S/C23H19ClN4O5/c1-15-10-18(6-8-21(15)28(30)31)32-14-19-7-9-22(33-19)23(29)26-17-11-25-27(13-17)12-16-4-2-3-5-20(16)24/h2-11,13H,12,14H2,1H3,(H,26,29). The topological polar surface area (TPSA) is 112 Å². The highest BCUT2D eigenvalue weighted by atomic mass is 35.5. The number of hydrogen-bond donors (Lipinski definition) is 1. The van der Waals surface area contributed by atoms with E-state index >= 15 is 0 Å². The zero-order valence-corrected chi connectivity index (χ0v) is 18.3. The molecule has 33 heavy (non-hydrogen) atoms. The van der Waals surface area contributed by atoms with E-state index in [-0.39, 0.29) is 18.1 Å². The number of anilines is 1. The summed E-state index contributed by atoms with van der Waals surface area (Å²) in [5.74, 6) is 0.592. The van der Waals surface area contributed by atoms with Crippen molar-refractivity contribution in [2.24, 2.45) is 0 Å². The highest BCUT2D eigenvalue weighted by molar-refractivity contribution is 6.31. The SMILES string of the molecule is Cc1cc(OCc2ccc(C(=O)Nc3cnn(Cc4ccccc4Cl)c3)o2)ccc1[N+](=O)[O-]. The van der Waals surface area contributed by atoms with Gasteiger partial charge < -0.3 is 14.5 Å². The fourth-order valence-corrected chi connectivity index (χ4v) is 3.36. The van der Waals surface area contributed by atoms with Gasteiger partial charge in [0.25, 0.3) is 11.6 Å². The van der Waals surface area contributed by atoms with Crippen molar-refractivity contribution in [3.05, 3.63) is 105 Å². The van der Waals surface area contributed by atoms with Gasteiger partial charge in [-0.1, -0.05) is 29.8 Å². The summed E-state index contributed by atoms with van der Waals surface area (Å²) in [5.41, 5.74) is 1.95. The Hall–Kier alpha value is -4.11. The normalized spacial score (nSPS) is 10.7. The van der Waals surface area contributed by atoms with E-state index in [1.807, 2.05) is 24.3 Å². The summed E-state index contributed by atoms with van der Waals surface area (Å²) in [7, 11) is 0. The number of carbonyl (C=O) groups is 1. The van der Waals surface area contributed by atoms with Gasteiger partial charge in [0.1, 0.15) is 18.1 Å². The van der Waals surface area contributed by atoms with Crippen molar-refractivity contribution in [2.45, 2.75) is 20.1 Å². The number of nitrogens with one attached hydrogen (secondary N) is 1. The lowest BCUT2D eigenvalue weighted by Crippen LogP contribution is -2.10. The van der Waals surface area contributed by atoms with Gasteiger partial charge in [0.05, 0.1) is 23.4 Å². The van der Waals surface area contributed by atoms with E-state index in [0.717, 1.165) is 5.56 Å². The van der Waals surface area contributed by atoms with E-state index in [1.54, 1.807) is 42.2 Å². The van der Waals surface area contributed by atoms with Crippen LogP contribution in [0.1, 0.15) is 27.4 Å². The summed E-state index contributed by atoms with van der Waals surface area (Å²) in [6, 6.07) is 15.1.